The number of anilines is 2. The Bertz CT molecular complexity index is 913. The minimum Gasteiger partial charge on any atom is -0.399 e. The van der Waals surface area contributed by atoms with E-state index < -0.39 is 10.0 Å². The van der Waals surface area contributed by atoms with Gasteiger partial charge in [-0.3, -0.25) is 4.72 Å². The summed E-state index contributed by atoms with van der Waals surface area (Å²) in [6.07, 6.45) is 1.54. The molecular weight excluding hydrogens is 312 g/mol. The molecule has 23 heavy (non-hydrogen) atoms. The van der Waals surface area contributed by atoms with E-state index in [0.29, 0.717) is 11.5 Å². The molecule has 0 spiro atoms. The first kappa shape index (κ1) is 15.1. The summed E-state index contributed by atoms with van der Waals surface area (Å²) in [5.41, 5.74) is 7.99. The number of aryl methyl sites for hydroxylation is 1. The van der Waals surface area contributed by atoms with Gasteiger partial charge in [-0.05, 0) is 43.3 Å². The largest absolute Gasteiger partial charge is 0.399 e. The maximum atomic E-state index is 12.5. The Morgan fingerprint density at radius 2 is 1.65 bits per heavy atom. The van der Waals surface area contributed by atoms with Crippen LogP contribution in [0.25, 0.3) is 5.69 Å². The average molecular weight is 328 g/mol. The summed E-state index contributed by atoms with van der Waals surface area (Å²) >= 11 is 0. The minimum atomic E-state index is -3.71. The highest BCUT2D eigenvalue weighted by molar-refractivity contribution is 7.92. The van der Waals surface area contributed by atoms with Gasteiger partial charge in [0.25, 0.3) is 10.0 Å². The van der Waals surface area contributed by atoms with E-state index in [9.17, 15) is 8.42 Å². The first-order valence-electron chi connectivity index (χ1n) is 6.95. The van der Waals surface area contributed by atoms with E-state index in [4.69, 9.17) is 5.73 Å². The molecule has 3 N–H and O–H groups in total. The Labute approximate surface area is 134 Å². The molecule has 0 aliphatic carbocycles. The Hall–Kier alpha value is -2.80. The second-order valence-electron chi connectivity index (χ2n) is 5.14. The van der Waals surface area contributed by atoms with Crippen LogP contribution in [0.2, 0.25) is 0 Å². The van der Waals surface area contributed by atoms with Crippen LogP contribution in [0.1, 0.15) is 5.56 Å². The number of aromatic nitrogens is 2. The maximum absolute atomic E-state index is 12.5. The molecule has 0 aliphatic rings. The SMILES string of the molecule is Cc1ccc(-n2nccc2NS(=O)(=O)c2ccc(N)cc2)cc1. The molecule has 7 heteroatoms. The van der Waals surface area contributed by atoms with Crippen molar-refractivity contribution < 1.29 is 8.42 Å². The molecule has 0 saturated carbocycles. The second-order valence-corrected chi connectivity index (χ2v) is 6.82. The summed E-state index contributed by atoms with van der Waals surface area (Å²) in [5, 5.41) is 4.18. The van der Waals surface area contributed by atoms with Crippen molar-refractivity contribution in [3.8, 4) is 5.69 Å². The Morgan fingerprint density at radius 1 is 1.00 bits per heavy atom. The molecule has 3 aromatic rings. The second kappa shape index (κ2) is 5.77. The van der Waals surface area contributed by atoms with Crippen molar-refractivity contribution in [1.29, 1.82) is 0 Å². The van der Waals surface area contributed by atoms with Gasteiger partial charge < -0.3 is 5.73 Å². The van der Waals surface area contributed by atoms with E-state index in [1.165, 1.54) is 16.8 Å². The van der Waals surface area contributed by atoms with E-state index in [1.807, 2.05) is 31.2 Å². The molecule has 3 rings (SSSR count). The maximum Gasteiger partial charge on any atom is 0.263 e. The number of benzene rings is 2. The van der Waals surface area contributed by atoms with Crippen LogP contribution in [-0.4, -0.2) is 18.2 Å². The van der Waals surface area contributed by atoms with Gasteiger partial charge >= 0.3 is 0 Å². The van der Waals surface area contributed by atoms with E-state index in [0.717, 1.165) is 11.3 Å². The van der Waals surface area contributed by atoms with Crippen LogP contribution in [-0.2, 0) is 10.0 Å². The highest BCUT2D eigenvalue weighted by atomic mass is 32.2. The van der Waals surface area contributed by atoms with Gasteiger partial charge in [0.1, 0.15) is 5.82 Å². The lowest BCUT2D eigenvalue weighted by Crippen LogP contribution is -2.16. The molecule has 0 radical (unpaired) electrons. The van der Waals surface area contributed by atoms with Crippen LogP contribution < -0.4 is 10.5 Å². The number of nitrogens with two attached hydrogens (primary N) is 1. The van der Waals surface area contributed by atoms with Crippen molar-refractivity contribution in [1.82, 2.24) is 9.78 Å². The van der Waals surface area contributed by atoms with Crippen LogP contribution in [0.15, 0.2) is 65.7 Å². The molecule has 0 fully saturated rings. The quantitative estimate of drug-likeness (QED) is 0.720. The first-order valence-corrected chi connectivity index (χ1v) is 8.43. The predicted molar refractivity (Wildman–Crippen MR) is 90.0 cm³/mol. The smallest absolute Gasteiger partial charge is 0.263 e. The molecule has 0 aliphatic heterocycles. The zero-order chi connectivity index (χ0) is 16.4. The van der Waals surface area contributed by atoms with Crippen molar-refractivity contribution in [2.75, 3.05) is 10.5 Å². The molecule has 1 heterocycles. The molecule has 0 amide bonds. The van der Waals surface area contributed by atoms with Crippen molar-refractivity contribution in [2.24, 2.45) is 0 Å². The van der Waals surface area contributed by atoms with E-state index in [2.05, 4.69) is 9.82 Å². The van der Waals surface area contributed by atoms with Crippen molar-refractivity contribution in [2.45, 2.75) is 11.8 Å². The molecule has 0 saturated heterocycles. The van der Waals surface area contributed by atoms with Gasteiger partial charge in [0.15, 0.2) is 0 Å². The number of nitrogens with one attached hydrogen (secondary N) is 1. The topological polar surface area (TPSA) is 90.0 Å². The lowest BCUT2D eigenvalue weighted by molar-refractivity contribution is 0.600. The van der Waals surface area contributed by atoms with E-state index >= 15 is 0 Å². The minimum absolute atomic E-state index is 0.142. The van der Waals surface area contributed by atoms with Gasteiger partial charge in [-0.1, -0.05) is 17.7 Å². The molecule has 118 valence electrons. The summed E-state index contributed by atoms with van der Waals surface area (Å²) < 4.78 is 29.0. The molecule has 1 aromatic heterocycles. The number of hydrogen-bond acceptors (Lipinski definition) is 4. The third-order valence-electron chi connectivity index (χ3n) is 3.35. The van der Waals surface area contributed by atoms with Crippen molar-refractivity contribution >= 4 is 21.5 Å². The van der Waals surface area contributed by atoms with Crippen LogP contribution >= 0.6 is 0 Å². The summed E-state index contributed by atoms with van der Waals surface area (Å²) in [4.78, 5) is 0.142. The lowest BCUT2D eigenvalue weighted by atomic mass is 10.2. The number of rotatable bonds is 4. The number of nitrogens with zero attached hydrogens (tertiary/aromatic N) is 2. The fourth-order valence-corrected chi connectivity index (χ4v) is 3.16. The van der Waals surface area contributed by atoms with Crippen molar-refractivity contribution in [3.63, 3.8) is 0 Å². The molecule has 6 nitrogen and oxygen atoms in total. The fourth-order valence-electron chi connectivity index (χ4n) is 2.12. The Morgan fingerprint density at radius 3 is 2.30 bits per heavy atom. The highest BCUT2D eigenvalue weighted by Gasteiger charge is 2.16. The highest BCUT2D eigenvalue weighted by Crippen LogP contribution is 2.20. The van der Waals surface area contributed by atoms with Gasteiger partial charge in [-0.15, -0.1) is 0 Å². The number of hydrogen-bond donors (Lipinski definition) is 2. The molecule has 2 aromatic carbocycles. The first-order chi connectivity index (χ1) is 11.0. The molecular formula is C16H16N4O2S. The summed E-state index contributed by atoms with van der Waals surface area (Å²) in [6, 6.07) is 15.3. The number of nitrogen functional groups attached to an aromatic ring is 1. The summed E-state index contributed by atoms with van der Waals surface area (Å²) in [5.74, 6) is 0.366. The van der Waals surface area contributed by atoms with Crippen molar-refractivity contribution in [3.05, 3.63) is 66.4 Å². The van der Waals surface area contributed by atoms with Gasteiger partial charge in [0.2, 0.25) is 0 Å². The normalized spacial score (nSPS) is 11.3. The zero-order valence-electron chi connectivity index (χ0n) is 12.5. The van der Waals surface area contributed by atoms with E-state index in [-0.39, 0.29) is 4.90 Å². The average Bonchev–Trinajstić information content (AvgIpc) is 2.96. The summed E-state index contributed by atoms with van der Waals surface area (Å²) in [7, 11) is -3.71. The van der Waals surface area contributed by atoms with Crippen LogP contribution in [0, 0.1) is 6.92 Å². The molecule has 0 unspecified atom stereocenters. The van der Waals surface area contributed by atoms with Gasteiger partial charge in [0.05, 0.1) is 16.8 Å². The van der Waals surface area contributed by atoms with Crippen LogP contribution in [0.4, 0.5) is 11.5 Å². The Kier molecular flexibility index (Phi) is 3.79. The number of sulfonamides is 1. The third-order valence-corrected chi connectivity index (χ3v) is 4.72. The Balaban J connectivity index is 1.93. The van der Waals surface area contributed by atoms with Crippen LogP contribution in [0.3, 0.4) is 0 Å². The van der Waals surface area contributed by atoms with E-state index in [1.54, 1.807) is 24.4 Å². The van der Waals surface area contributed by atoms with Gasteiger partial charge in [-0.25, -0.2) is 13.1 Å². The zero-order valence-corrected chi connectivity index (χ0v) is 13.3. The predicted octanol–water partition coefficient (Wildman–Crippen LogP) is 2.56. The van der Waals surface area contributed by atoms with Crippen LogP contribution in [0.5, 0.6) is 0 Å². The molecule has 0 bridgehead atoms. The fraction of sp³-hybridized carbons (Fsp3) is 0.0625. The third kappa shape index (κ3) is 3.19. The summed E-state index contributed by atoms with van der Waals surface area (Å²) in [6.45, 7) is 1.98. The monoisotopic (exact) mass is 328 g/mol. The standard InChI is InChI=1S/C16H16N4O2S/c1-12-2-6-14(7-3-12)20-16(10-11-18-20)19-23(21,22)15-8-4-13(17)5-9-15/h2-11,19H,17H2,1H3. The van der Waals surface area contributed by atoms with Gasteiger partial charge in [0, 0.05) is 11.8 Å². The van der Waals surface area contributed by atoms with Gasteiger partial charge in [-0.2, -0.15) is 5.10 Å². The molecule has 0 atom stereocenters. The lowest BCUT2D eigenvalue weighted by Gasteiger charge is -2.11.